The molecular weight excluding hydrogens is 574 g/mol. The largest absolute Gasteiger partial charge is 0.392 e. The smallest absolute Gasteiger partial charge is 0.318 e. The molecular formula is C34H43N5O4S. The van der Waals surface area contributed by atoms with E-state index in [1.54, 1.807) is 30.6 Å². The number of benzene rings is 3. The van der Waals surface area contributed by atoms with Crippen molar-refractivity contribution in [3.05, 3.63) is 77.9 Å². The van der Waals surface area contributed by atoms with E-state index in [1.165, 1.54) is 0 Å². The average Bonchev–Trinajstić information content (AvgIpc) is 3.12. The number of amides is 4. The predicted molar refractivity (Wildman–Crippen MR) is 178 cm³/mol. The molecule has 1 heterocycles. The molecule has 3 aromatic rings. The summed E-state index contributed by atoms with van der Waals surface area (Å²) in [5, 5.41) is 21.3. The van der Waals surface area contributed by atoms with Gasteiger partial charge in [-0.2, -0.15) is 0 Å². The molecule has 0 radical (unpaired) electrons. The maximum Gasteiger partial charge on any atom is 0.318 e. The fraction of sp³-hybridized carbons (Fsp3) is 0.382. The van der Waals surface area contributed by atoms with Crippen molar-refractivity contribution in [3.63, 3.8) is 0 Å². The van der Waals surface area contributed by atoms with Gasteiger partial charge in [-0.05, 0) is 80.8 Å². The Labute approximate surface area is 264 Å². The molecule has 1 aliphatic heterocycles. The summed E-state index contributed by atoms with van der Waals surface area (Å²) in [7, 11) is 1.57. The van der Waals surface area contributed by atoms with E-state index in [-0.39, 0.29) is 24.3 Å². The summed E-state index contributed by atoms with van der Waals surface area (Å²) in [5.41, 5.74) is 4.85. The standard InChI is InChI=1S/C34H43N5O4S/c1-22(40)20-36-34(2,3)19-31(41)37-29-16-14-25-18-26(44-5)15-17-30(25)39(32(29)42)21-23-10-12-24(13-11-23)27-8-6-7-9-28(27)38-33(43)35-4/h6-13,15,17-18,22,29,36,40H,14,16,19-21H2,1-5H3,(H,37,41)(H2,35,38,43)/t22-,29+/m0/s1. The van der Waals surface area contributed by atoms with Crippen LogP contribution >= 0.6 is 11.8 Å². The zero-order valence-corrected chi connectivity index (χ0v) is 26.9. The number of anilines is 2. The van der Waals surface area contributed by atoms with Gasteiger partial charge in [-0.3, -0.25) is 9.59 Å². The number of β-amino-alcohol motifs (C(OH)–C–C–N with tert-alkyl or cyclic N) is 1. The number of aliphatic hydroxyl groups is 1. The molecule has 0 saturated heterocycles. The second-order valence-corrected chi connectivity index (χ2v) is 12.7. The number of thioether (sulfide) groups is 1. The first-order chi connectivity index (χ1) is 21.0. The quantitative estimate of drug-likeness (QED) is 0.195. The van der Waals surface area contributed by atoms with Crippen molar-refractivity contribution in [2.24, 2.45) is 0 Å². The van der Waals surface area contributed by atoms with Crippen LogP contribution in [-0.2, 0) is 22.6 Å². The van der Waals surface area contributed by atoms with Gasteiger partial charge in [0.05, 0.1) is 18.3 Å². The van der Waals surface area contributed by atoms with Gasteiger partial charge in [0.25, 0.3) is 0 Å². The molecule has 0 saturated carbocycles. The van der Waals surface area contributed by atoms with Crippen molar-refractivity contribution < 1.29 is 19.5 Å². The number of urea groups is 1. The normalized spacial score (nSPS) is 15.6. The van der Waals surface area contributed by atoms with Gasteiger partial charge in [-0.25, -0.2) is 4.79 Å². The summed E-state index contributed by atoms with van der Waals surface area (Å²) in [6.45, 7) is 6.23. The third-order valence-electron chi connectivity index (χ3n) is 7.67. The predicted octanol–water partition coefficient (Wildman–Crippen LogP) is 4.93. The molecule has 2 atom stereocenters. The Kier molecular flexibility index (Phi) is 11.1. The second-order valence-electron chi connectivity index (χ2n) is 11.8. The number of rotatable bonds is 11. The summed E-state index contributed by atoms with van der Waals surface area (Å²) in [6, 6.07) is 20.8. The van der Waals surface area contributed by atoms with Crippen LogP contribution in [0.15, 0.2) is 71.6 Å². The lowest BCUT2D eigenvalue weighted by molar-refractivity contribution is -0.128. The number of carbonyl (C=O) groups excluding carboxylic acids is 3. The number of aliphatic hydroxyl groups excluding tert-OH is 1. The van der Waals surface area contributed by atoms with Gasteiger partial charge < -0.3 is 31.3 Å². The van der Waals surface area contributed by atoms with Gasteiger partial charge in [0.1, 0.15) is 6.04 Å². The van der Waals surface area contributed by atoms with Crippen LogP contribution in [0.3, 0.4) is 0 Å². The van der Waals surface area contributed by atoms with Crippen LogP contribution in [0.5, 0.6) is 0 Å². The summed E-state index contributed by atoms with van der Waals surface area (Å²) in [4.78, 5) is 42.1. The van der Waals surface area contributed by atoms with E-state index in [9.17, 15) is 19.5 Å². The number of nitrogens with one attached hydrogen (secondary N) is 4. The zero-order valence-electron chi connectivity index (χ0n) is 26.1. The molecule has 44 heavy (non-hydrogen) atoms. The zero-order chi connectivity index (χ0) is 31.9. The highest BCUT2D eigenvalue weighted by Gasteiger charge is 2.33. The van der Waals surface area contributed by atoms with E-state index in [2.05, 4.69) is 27.3 Å². The molecule has 4 amide bonds. The lowest BCUT2D eigenvalue weighted by Crippen LogP contribution is -2.51. The maximum atomic E-state index is 14.1. The SMILES string of the molecule is CNC(=O)Nc1ccccc1-c1ccc(CN2C(=O)[C@H](NC(=O)CC(C)(C)NC[C@H](C)O)CCc3cc(SC)ccc32)cc1. The number of carbonyl (C=O) groups is 3. The molecule has 1 aliphatic rings. The van der Waals surface area contributed by atoms with Crippen molar-refractivity contribution in [2.75, 3.05) is 30.1 Å². The molecule has 5 N–H and O–H groups in total. The summed E-state index contributed by atoms with van der Waals surface area (Å²) < 4.78 is 0. The maximum absolute atomic E-state index is 14.1. The number of hydrogen-bond acceptors (Lipinski definition) is 6. The Bertz CT molecular complexity index is 1470. The summed E-state index contributed by atoms with van der Waals surface area (Å²) in [5.74, 6) is -0.358. The minimum Gasteiger partial charge on any atom is -0.392 e. The molecule has 10 heteroatoms. The Morgan fingerprint density at radius 2 is 1.82 bits per heavy atom. The third kappa shape index (κ3) is 8.62. The van der Waals surface area contributed by atoms with Gasteiger partial charge in [-0.15, -0.1) is 11.8 Å². The number of nitrogens with zero attached hydrogens (tertiary/aromatic N) is 1. The van der Waals surface area contributed by atoms with E-state index in [1.807, 2.05) is 80.8 Å². The van der Waals surface area contributed by atoms with E-state index >= 15 is 0 Å². The van der Waals surface area contributed by atoms with Gasteiger partial charge in [0, 0.05) is 41.7 Å². The molecule has 4 rings (SSSR count). The third-order valence-corrected chi connectivity index (χ3v) is 8.39. The molecule has 0 aromatic heterocycles. The van der Waals surface area contributed by atoms with Crippen LogP contribution < -0.4 is 26.2 Å². The first-order valence-electron chi connectivity index (χ1n) is 14.9. The van der Waals surface area contributed by atoms with Crippen molar-refractivity contribution in [1.82, 2.24) is 16.0 Å². The Morgan fingerprint density at radius 3 is 2.50 bits per heavy atom. The van der Waals surface area contributed by atoms with E-state index in [0.717, 1.165) is 32.8 Å². The monoisotopic (exact) mass is 617 g/mol. The lowest BCUT2D eigenvalue weighted by Gasteiger charge is -2.29. The number of aryl methyl sites for hydroxylation is 1. The number of para-hydroxylation sites is 1. The van der Waals surface area contributed by atoms with Crippen LogP contribution in [0.1, 0.15) is 44.7 Å². The van der Waals surface area contributed by atoms with E-state index in [4.69, 9.17) is 0 Å². The van der Waals surface area contributed by atoms with Gasteiger partial charge in [0.15, 0.2) is 0 Å². The van der Waals surface area contributed by atoms with Crippen LogP contribution in [-0.4, -0.2) is 60.5 Å². The fourth-order valence-corrected chi connectivity index (χ4v) is 5.78. The number of hydrogen-bond donors (Lipinski definition) is 5. The van der Waals surface area contributed by atoms with Crippen molar-refractivity contribution >= 4 is 41.0 Å². The van der Waals surface area contributed by atoms with Gasteiger partial charge >= 0.3 is 6.03 Å². The van der Waals surface area contributed by atoms with E-state index < -0.39 is 17.7 Å². The Balaban J connectivity index is 1.57. The highest BCUT2D eigenvalue weighted by atomic mass is 32.2. The molecule has 0 aliphatic carbocycles. The molecule has 0 fully saturated rings. The molecule has 3 aromatic carbocycles. The topological polar surface area (TPSA) is 123 Å². The minimum atomic E-state index is -0.665. The van der Waals surface area contributed by atoms with Crippen LogP contribution in [0.2, 0.25) is 0 Å². The summed E-state index contributed by atoms with van der Waals surface area (Å²) in [6.07, 6.45) is 2.84. The van der Waals surface area contributed by atoms with Crippen molar-refractivity contribution in [3.8, 4) is 11.1 Å². The van der Waals surface area contributed by atoms with Crippen LogP contribution in [0.25, 0.3) is 11.1 Å². The lowest BCUT2D eigenvalue weighted by atomic mass is 9.99. The highest BCUT2D eigenvalue weighted by molar-refractivity contribution is 7.98. The molecule has 234 valence electrons. The van der Waals surface area contributed by atoms with Crippen LogP contribution in [0.4, 0.5) is 16.2 Å². The minimum absolute atomic E-state index is 0.145. The van der Waals surface area contributed by atoms with Crippen molar-refractivity contribution in [1.29, 1.82) is 0 Å². The highest BCUT2D eigenvalue weighted by Crippen LogP contribution is 2.33. The van der Waals surface area contributed by atoms with Crippen LogP contribution in [0, 0.1) is 0 Å². The second kappa shape index (κ2) is 14.7. The van der Waals surface area contributed by atoms with E-state index in [0.29, 0.717) is 31.6 Å². The first-order valence-corrected chi connectivity index (χ1v) is 16.1. The number of fused-ring (bicyclic) bond motifs is 1. The summed E-state index contributed by atoms with van der Waals surface area (Å²) >= 11 is 1.66. The average molecular weight is 618 g/mol. The molecule has 0 spiro atoms. The molecule has 0 unspecified atom stereocenters. The Morgan fingerprint density at radius 1 is 1.09 bits per heavy atom. The molecule has 0 bridgehead atoms. The van der Waals surface area contributed by atoms with Gasteiger partial charge in [-0.1, -0.05) is 42.5 Å². The first kappa shape index (κ1) is 33.0. The molecule has 9 nitrogen and oxygen atoms in total. The van der Waals surface area contributed by atoms with Gasteiger partial charge in [0.2, 0.25) is 11.8 Å². The fourth-order valence-electron chi connectivity index (χ4n) is 5.31. The van der Waals surface area contributed by atoms with Crippen molar-refractivity contribution in [2.45, 2.75) is 69.2 Å². The Hall–Kier alpha value is -3.86.